The Hall–Kier alpha value is -2.88. The summed E-state index contributed by atoms with van der Waals surface area (Å²) < 4.78 is 67.3. The molecule has 6 nitrogen and oxygen atoms in total. The van der Waals surface area contributed by atoms with Gasteiger partial charge < -0.3 is 10.1 Å². The van der Waals surface area contributed by atoms with Crippen molar-refractivity contribution in [3.05, 3.63) is 59.4 Å². The van der Waals surface area contributed by atoms with Crippen LogP contribution in [0.15, 0.2) is 41.3 Å². The lowest BCUT2D eigenvalue weighted by Gasteiger charge is -2.14. The van der Waals surface area contributed by atoms with Gasteiger partial charge in [0.15, 0.2) is 33.4 Å². The van der Waals surface area contributed by atoms with Gasteiger partial charge in [0, 0.05) is 6.26 Å². The molecule has 0 unspecified atom stereocenters. The van der Waals surface area contributed by atoms with Crippen LogP contribution in [0.1, 0.15) is 17.3 Å². The van der Waals surface area contributed by atoms with Gasteiger partial charge in [-0.05, 0) is 43.3 Å². The van der Waals surface area contributed by atoms with Crippen molar-refractivity contribution in [2.45, 2.75) is 17.9 Å². The van der Waals surface area contributed by atoms with E-state index in [-0.39, 0.29) is 10.5 Å². The van der Waals surface area contributed by atoms with Gasteiger partial charge in [0.25, 0.3) is 5.91 Å². The minimum Gasteiger partial charge on any atom is -0.449 e. The Balaban J connectivity index is 2.06. The second-order valence-corrected chi connectivity index (χ2v) is 7.57. The molecule has 0 bridgehead atoms. The Morgan fingerprint density at radius 3 is 2.15 bits per heavy atom. The molecule has 0 aliphatic heterocycles. The Labute approximate surface area is 152 Å². The molecule has 2 aromatic rings. The average Bonchev–Trinajstić information content (AvgIpc) is 2.61. The topological polar surface area (TPSA) is 89.5 Å². The number of hydrogen-bond donors (Lipinski definition) is 1. The Morgan fingerprint density at radius 2 is 1.59 bits per heavy atom. The predicted molar refractivity (Wildman–Crippen MR) is 89.4 cm³/mol. The van der Waals surface area contributed by atoms with Crippen LogP contribution < -0.4 is 5.32 Å². The maximum absolute atomic E-state index is 13.6. The third-order valence-corrected chi connectivity index (χ3v) is 4.59. The lowest BCUT2D eigenvalue weighted by Crippen LogP contribution is -2.30. The van der Waals surface area contributed by atoms with Crippen molar-refractivity contribution in [1.82, 2.24) is 0 Å². The van der Waals surface area contributed by atoms with E-state index in [1.54, 1.807) is 0 Å². The number of carbonyl (C=O) groups is 2. The number of esters is 1. The number of anilines is 1. The number of sulfone groups is 1. The van der Waals surface area contributed by atoms with E-state index in [0.717, 1.165) is 12.3 Å². The summed E-state index contributed by atoms with van der Waals surface area (Å²) >= 11 is 0. The van der Waals surface area contributed by atoms with E-state index in [0.29, 0.717) is 6.07 Å². The van der Waals surface area contributed by atoms with E-state index in [4.69, 9.17) is 4.74 Å². The van der Waals surface area contributed by atoms with Crippen molar-refractivity contribution < 1.29 is 35.9 Å². The average molecular weight is 401 g/mol. The molecule has 27 heavy (non-hydrogen) atoms. The molecule has 0 spiro atoms. The van der Waals surface area contributed by atoms with Gasteiger partial charge in [-0.15, -0.1) is 0 Å². The third-order valence-electron chi connectivity index (χ3n) is 3.46. The first-order chi connectivity index (χ1) is 12.5. The first-order valence-corrected chi connectivity index (χ1v) is 9.35. The van der Waals surface area contributed by atoms with Crippen molar-refractivity contribution in [2.24, 2.45) is 0 Å². The zero-order chi connectivity index (χ0) is 20.4. The quantitative estimate of drug-likeness (QED) is 0.615. The molecule has 0 aliphatic carbocycles. The summed E-state index contributed by atoms with van der Waals surface area (Å²) in [6.45, 7) is 1.19. The number of halogens is 3. The fraction of sp³-hybridized carbons (Fsp3) is 0.176. The summed E-state index contributed by atoms with van der Waals surface area (Å²) in [5.74, 6) is -6.64. The Kier molecular flexibility index (Phi) is 5.89. The highest BCUT2D eigenvalue weighted by Crippen LogP contribution is 2.20. The van der Waals surface area contributed by atoms with E-state index in [9.17, 15) is 31.2 Å². The lowest BCUT2D eigenvalue weighted by atomic mass is 10.2. The van der Waals surface area contributed by atoms with Gasteiger partial charge in [-0.2, -0.15) is 0 Å². The van der Waals surface area contributed by atoms with Crippen molar-refractivity contribution >= 4 is 27.4 Å². The summed E-state index contributed by atoms with van der Waals surface area (Å²) in [6.07, 6.45) is -0.385. The molecule has 0 fully saturated rings. The number of rotatable bonds is 5. The first kappa shape index (κ1) is 20.4. The molecule has 144 valence electrons. The predicted octanol–water partition coefficient (Wildman–Crippen LogP) is 2.69. The number of amides is 1. The molecule has 0 saturated carbocycles. The zero-order valence-electron chi connectivity index (χ0n) is 14.1. The molecule has 0 heterocycles. The molecule has 0 saturated heterocycles. The van der Waals surface area contributed by atoms with Crippen LogP contribution in [0.25, 0.3) is 0 Å². The minimum absolute atomic E-state index is 0.00125. The van der Waals surface area contributed by atoms with Gasteiger partial charge >= 0.3 is 5.97 Å². The zero-order valence-corrected chi connectivity index (χ0v) is 14.9. The summed E-state index contributed by atoms with van der Waals surface area (Å²) in [6, 6.07) is 6.27. The molecular formula is C17H14F3NO5S. The normalized spacial score (nSPS) is 12.3. The van der Waals surface area contributed by atoms with Gasteiger partial charge in [-0.25, -0.2) is 26.4 Å². The standard InChI is InChI=1S/C17H14F3NO5S/c1-9(16(22)21-13-8-7-12(18)14(19)15(13)20)26-17(23)10-3-5-11(6-4-10)27(2,24)25/h3-9H,1-2H3,(H,21,22)/t9-/m0/s1. The highest BCUT2D eigenvalue weighted by atomic mass is 32.2. The maximum atomic E-state index is 13.6. The van der Waals surface area contributed by atoms with Gasteiger partial charge in [0.1, 0.15) is 0 Å². The van der Waals surface area contributed by atoms with E-state index >= 15 is 0 Å². The second-order valence-electron chi connectivity index (χ2n) is 5.56. The van der Waals surface area contributed by atoms with E-state index in [1.165, 1.54) is 31.2 Å². The lowest BCUT2D eigenvalue weighted by molar-refractivity contribution is -0.123. The van der Waals surface area contributed by atoms with Crippen LogP contribution in [0.4, 0.5) is 18.9 Å². The van der Waals surface area contributed by atoms with Crippen LogP contribution in [-0.2, 0) is 19.4 Å². The van der Waals surface area contributed by atoms with Gasteiger partial charge in [-0.3, -0.25) is 4.79 Å². The molecule has 10 heteroatoms. The SMILES string of the molecule is C[C@H](OC(=O)c1ccc(S(C)(=O)=O)cc1)C(=O)Nc1ccc(F)c(F)c1F. The van der Waals surface area contributed by atoms with Gasteiger partial charge in [0.05, 0.1) is 16.1 Å². The molecule has 0 radical (unpaired) electrons. The smallest absolute Gasteiger partial charge is 0.338 e. The van der Waals surface area contributed by atoms with E-state index in [1.807, 2.05) is 5.32 Å². The van der Waals surface area contributed by atoms with Crippen LogP contribution in [-0.4, -0.2) is 32.7 Å². The highest BCUT2D eigenvalue weighted by Gasteiger charge is 2.22. The Bertz CT molecular complexity index is 990. The number of ether oxygens (including phenoxy) is 1. The van der Waals surface area contributed by atoms with Crippen LogP contribution in [0.5, 0.6) is 0 Å². The minimum atomic E-state index is -3.44. The first-order valence-electron chi connectivity index (χ1n) is 7.46. The molecule has 2 rings (SSSR count). The molecule has 1 amide bonds. The van der Waals surface area contributed by atoms with Crippen molar-refractivity contribution in [3.8, 4) is 0 Å². The Morgan fingerprint density at radius 1 is 1.00 bits per heavy atom. The fourth-order valence-corrected chi connectivity index (χ4v) is 2.61. The summed E-state index contributed by atoms with van der Waals surface area (Å²) in [5, 5.41) is 1.99. The second kappa shape index (κ2) is 7.78. The van der Waals surface area contributed by atoms with Crippen LogP contribution in [0, 0.1) is 17.5 Å². The van der Waals surface area contributed by atoms with Crippen molar-refractivity contribution in [2.75, 3.05) is 11.6 Å². The monoisotopic (exact) mass is 401 g/mol. The van der Waals surface area contributed by atoms with Gasteiger partial charge in [-0.1, -0.05) is 0 Å². The molecule has 1 atom stereocenters. The maximum Gasteiger partial charge on any atom is 0.338 e. The number of nitrogens with one attached hydrogen (secondary N) is 1. The van der Waals surface area contributed by atoms with E-state index < -0.39 is 51.0 Å². The summed E-state index contributed by atoms with van der Waals surface area (Å²) in [7, 11) is -3.44. The number of carbonyl (C=O) groups excluding carboxylic acids is 2. The third kappa shape index (κ3) is 4.85. The molecular weight excluding hydrogens is 387 g/mol. The van der Waals surface area contributed by atoms with E-state index in [2.05, 4.69) is 0 Å². The molecule has 1 N–H and O–H groups in total. The number of hydrogen-bond acceptors (Lipinski definition) is 5. The number of benzene rings is 2. The van der Waals surface area contributed by atoms with Crippen LogP contribution >= 0.6 is 0 Å². The van der Waals surface area contributed by atoms with Crippen LogP contribution in [0.2, 0.25) is 0 Å². The largest absolute Gasteiger partial charge is 0.449 e. The van der Waals surface area contributed by atoms with Crippen molar-refractivity contribution in [1.29, 1.82) is 0 Å². The van der Waals surface area contributed by atoms with Crippen molar-refractivity contribution in [3.63, 3.8) is 0 Å². The highest BCUT2D eigenvalue weighted by molar-refractivity contribution is 7.90. The molecule has 0 aromatic heterocycles. The molecule has 0 aliphatic rings. The summed E-state index contributed by atoms with van der Waals surface area (Å²) in [5.41, 5.74) is -0.625. The molecule has 2 aromatic carbocycles. The summed E-state index contributed by atoms with van der Waals surface area (Å²) in [4.78, 5) is 24.0. The van der Waals surface area contributed by atoms with Gasteiger partial charge in [0.2, 0.25) is 0 Å². The van der Waals surface area contributed by atoms with Crippen LogP contribution in [0.3, 0.4) is 0 Å². The fourth-order valence-electron chi connectivity index (χ4n) is 1.98.